The maximum absolute atomic E-state index is 10.4. The SMILES string of the molecule is C=CCc1c(Br)cccc1OCC(=O)O. The highest BCUT2D eigenvalue weighted by atomic mass is 79.9. The predicted molar refractivity (Wildman–Crippen MR) is 61.2 cm³/mol. The molecule has 0 aromatic heterocycles. The third kappa shape index (κ3) is 3.40. The molecule has 0 spiro atoms. The van der Waals surface area contributed by atoms with E-state index in [0.29, 0.717) is 12.2 Å². The Morgan fingerprint density at radius 3 is 2.93 bits per heavy atom. The van der Waals surface area contributed by atoms with Gasteiger partial charge in [-0.1, -0.05) is 28.1 Å². The van der Waals surface area contributed by atoms with Gasteiger partial charge in [0.2, 0.25) is 0 Å². The van der Waals surface area contributed by atoms with Crippen LogP contribution in [0.2, 0.25) is 0 Å². The van der Waals surface area contributed by atoms with Crippen molar-refractivity contribution in [3.8, 4) is 5.75 Å². The molecular weight excluding hydrogens is 260 g/mol. The molecule has 15 heavy (non-hydrogen) atoms. The van der Waals surface area contributed by atoms with Crippen LogP contribution in [0.4, 0.5) is 0 Å². The van der Waals surface area contributed by atoms with E-state index in [2.05, 4.69) is 22.5 Å². The number of hydrogen-bond donors (Lipinski definition) is 1. The number of aliphatic carboxylic acids is 1. The van der Waals surface area contributed by atoms with E-state index in [1.54, 1.807) is 18.2 Å². The average Bonchev–Trinajstić information content (AvgIpc) is 2.19. The summed E-state index contributed by atoms with van der Waals surface area (Å²) in [5.41, 5.74) is 0.911. The van der Waals surface area contributed by atoms with Crippen molar-refractivity contribution < 1.29 is 14.6 Å². The number of halogens is 1. The number of rotatable bonds is 5. The lowest BCUT2D eigenvalue weighted by atomic mass is 10.1. The van der Waals surface area contributed by atoms with Crippen LogP contribution in [0.1, 0.15) is 5.56 Å². The van der Waals surface area contributed by atoms with E-state index in [9.17, 15) is 4.79 Å². The number of benzene rings is 1. The second-order valence-corrected chi connectivity index (χ2v) is 3.75. The summed E-state index contributed by atoms with van der Waals surface area (Å²) in [6.45, 7) is 3.31. The first-order valence-corrected chi connectivity index (χ1v) is 5.17. The molecule has 1 aromatic rings. The first-order valence-electron chi connectivity index (χ1n) is 4.38. The Labute approximate surface area is 96.5 Å². The zero-order valence-electron chi connectivity index (χ0n) is 8.07. The fourth-order valence-electron chi connectivity index (χ4n) is 1.16. The van der Waals surface area contributed by atoms with Gasteiger partial charge < -0.3 is 9.84 Å². The highest BCUT2D eigenvalue weighted by Crippen LogP contribution is 2.27. The van der Waals surface area contributed by atoms with E-state index >= 15 is 0 Å². The van der Waals surface area contributed by atoms with Crippen LogP contribution in [0.25, 0.3) is 0 Å². The maximum Gasteiger partial charge on any atom is 0.341 e. The molecule has 0 fully saturated rings. The molecule has 0 radical (unpaired) electrons. The fourth-order valence-corrected chi connectivity index (χ4v) is 1.67. The second-order valence-electron chi connectivity index (χ2n) is 2.89. The molecule has 1 rings (SSSR count). The lowest BCUT2D eigenvalue weighted by molar-refractivity contribution is -0.139. The molecule has 80 valence electrons. The van der Waals surface area contributed by atoms with Crippen LogP contribution in [0.15, 0.2) is 35.3 Å². The van der Waals surface area contributed by atoms with Crippen molar-refractivity contribution in [3.63, 3.8) is 0 Å². The van der Waals surface area contributed by atoms with Crippen LogP contribution >= 0.6 is 15.9 Å². The van der Waals surface area contributed by atoms with Crippen molar-refractivity contribution in [2.45, 2.75) is 6.42 Å². The van der Waals surface area contributed by atoms with Crippen LogP contribution in [-0.2, 0) is 11.2 Å². The number of ether oxygens (including phenoxy) is 1. The lowest BCUT2D eigenvalue weighted by Gasteiger charge is -2.10. The zero-order chi connectivity index (χ0) is 11.3. The number of carboxylic acid groups (broad SMARTS) is 1. The van der Waals surface area contributed by atoms with Crippen LogP contribution < -0.4 is 4.74 Å². The molecule has 1 aromatic carbocycles. The van der Waals surface area contributed by atoms with Gasteiger partial charge in [-0.15, -0.1) is 6.58 Å². The van der Waals surface area contributed by atoms with Gasteiger partial charge in [-0.3, -0.25) is 0 Å². The first kappa shape index (κ1) is 11.8. The highest BCUT2D eigenvalue weighted by molar-refractivity contribution is 9.10. The second kappa shape index (κ2) is 5.56. The van der Waals surface area contributed by atoms with Crippen molar-refractivity contribution in [2.75, 3.05) is 6.61 Å². The van der Waals surface area contributed by atoms with Crippen molar-refractivity contribution in [1.82, 2.24) is 0 Å². The van der Waals surface area contributed by atoms with Gasteiger partial charge in [0, 0.05) is 10.0 Å². The standard InChI is InChI=1S/C11H11BrO3/c1-2-4-8-9(12)5-3-6-10(8)15-7-11(13)14/h2-3,5-6H,1,4,7H2,(H,13,14). The molecule has 0 unspecified atom stereocenters. The summed E-state index contributed by atoms with van der Waals surface area (Å²) >= 11 is 3.38. The number of carbonyl (C=O) groups is 1. The van der Waals surface area contributed by atoms with Gasteiger partial charge in [0.1, 0.15) is 5.75 Å². The highest BCUT2D eigenvalue weighted by Gasteiger charge is 2.07. The van der Waals surface area contributed by atoms with Crippen molar-refractivity contribution >= 4 is 21.9 Å². The quantitative estimate of drug-likeness (QED) is 0.837. The summed E-state index contributed by atoms with van der Waals surface area (Å²) in [7, 11) is 0. The predicted octanol–water partition coefficient (Wildman–Crippen LogP) is 2.64. The number of allylic oxidation sites excluding steroid dienone is 1. The monoisotopic (exact) mass is 270 g/mol. The van der Waals surface area contributed by atoms with Crippen molar-refractivity contribution in [3.05, 3.63) is 40.9 Å². The summed E-state index contributed by atoms with van der Waals surface area (Å²) in [5, 5.41) is 8.51. The van der Waals surface area contributed by atoms with E-state index in [4.69, 9.17) is 9.84 Å². The van der Waals surface area contributed by atoms with Crippen LogP contribution in [0.3, 0.4) is 0 Å². The Balaban J connectivity index is 2.89. The fraction of sp³-hybridized carbons (Fsp3) is 0.182. The Morgan fingerprint density at radius 2 is 2.33 bits per heavy atom. The summed E-state index contributed by atoms with van der Waals surface area (Å²) in [6.07, 6.45) is 2.38. The number of carboxylic acids is 1. The molecule has 0 aliphatic heterocycles. The average molecular weight is 271 g/mol. The molecule has 0 saturated carbocycles. The summed E-state index contributed by atoms with van der Waals surface area (Å²) in [5.74, 6) is -0.411. The summed E-state index contributed by atoms with van der Waals surface area (Å²) in [6, 6.07) is 5.42. The van der Waals surface area contributed by atoms with Crippen molar-refractivity contribution in [2.24, 2.45) is 0 Å². The van der Waals surface area contributed by atoms with Gasteiger partial charge >= 0.3 is 5.97 Å². The van der Waals surface area contributed by atoms with Gasteiger partial charge in [0.05, 0.1) is 0 Å². The minimum atomic E-state index is -0.987. The molecule has 0 amide bonds. The minimum absolute atomic E-state index is 0.333. The largest absolute Gasteiger partial charge is 0.482 e. The molecule has 1 N–H and O–H groups in total. The third-order valence-electron chi connectivity index (χ3n) is 1.78. The molecule has 3 nitrogen and oxygen atoms in total. The maximum atomic E-state index is 10.4. The van der Waals surface area contributed by atoms with E-state index in [0.717, 1.165) is 10.0 Å². The van der Waals surface area contributed by atoms with Gasteiger partial charge in [0.15, 0.2) is 6.61 Å². The molecule has 0 saturated heterocycles. The van der Waals surface area contributed by atoms with Gasteiger partial charge in [-0.25, -0.2) is 4.79 Å². The number of hydrogen-bond acceptors (Lipinski definition) is 2. The Hall–Kier alpha value is -1.29. The topological polar surface area (TPSA) is 46.5 Å². The molecule has 0 bridgehead atoms. The van der Waals surface area contributed by atoms with E-state index in [1.165, 1.54) is 0 Å². The molecule has 0 aliphatic carbocycles. The molecular formula is C11H11BrO3. The third-order valence-corrected chi connectivity index (χ3v) is 2.52. The van der Waals surface area contributed by atoms with E-state index in [1.807, 2.05) is 6.07 Å². The Kier molecular flexibility index (Phi) is 4.37. The molecule has 0 heterocycles. The normalized spacial score (nSPS) is 9.67. The first-order chi connectivity index (χ1) is 7.15. The van der Waals surface area contributed by atoms with Crippen molar-refractivity contribution in [1.29, 1.82) is 0 Å². The van der Waals surface area contributed by atoms with Gasteiger partial charge in [0.25, 0.3) is 0 Å². The smallest absolute Gasteiger partial charge is 0.341 e. The van der Waals surface area contributed by atoms with Gasteiger partial charge in [-0.05, 0) is 18.6 Å². The van der Waals surface area contributed by atoms with E-state index < -0.39 is 5.97 Å². The summed E-state index contributed by atoms with van der Waals surface area (Å²) < 4.78 is 6.05. The lowest BCUT2D eigenvalue weighted by Crippen LogP contribution is -2.10. The Bertz CT molecular complexity index is 374. The molecule has 0 aliphatic rings. The molecule has 0 atom stereocenters. The van der Waals surface area contributed by atoms with Crippen LogP contribution in [0, 0.1) is 0 Å². The van der Waals surface area contributed by atoms with Gasteiger partial charge in [-0.2, -0.15) is 0 Å². The zero-order valence-corrected chi connectivity index (χ0v) is 9.66. The minimum Gasteiger partial charge on any atom is -0.482 e. The summed E-state index contributed by atoms with van der Waals surface area (Å²) in [4.78, 5) is 10.4. The van der Waals surface area contributed by atoms with Crippen LogP contribution in [0.5, 0.6) is 5.75 Å². The molecule has 4 heteroatoms. The van der Waals surface area contributed by atoms with E-state index in [-0.39, 0.29) is 6.61 Å². The Morgan fingerprint density at radius 1 is 1.60 bits per heavy atom. The van der Waals surface area contributed by atoms with Crippen LogP contribution in [-0.4, -0.2) is 17.7 Å².